The Kier molecular flexibility index (Phi) is 3.89. The Morgan fingerprint density at radius 1 is 1.04 bits per heavy atom. The molecule has 1 amide bonds. The zero-order valence-electron chi connectivity index (χ0n) is 17.1. The molecule has 3 aliphatic rings. The fourth-order valence-corrected chi connectivity index (χ4v) is 5.21. The van der Waals surface area contributed by atoms with E-state index in [4.69, 9.17) is 4.74 Å². The molecule has 2 bridgehead atoms. The van der Waals surface area contributed by atoms with Crippen molar-refractivity contribution in [3.8, 4) is 0 Å². The summed E-state index contributed by atoms with van der Waals surface area (Å²) in [7, 11) is 0. The molecule has 0 aromatic heterocycles. The summed E-state index contributed by atoms with van der Waals surface area (Å²) in [5.41, 5.74) is 1.83. The zero-order valence-corrected chi connectivity index (χ0v) is 17.1. The van der Waals surface area contributed by atoms with E-state index >= 15 is 0 Å². The molecule has 1 aliphatic carbocycles. The second kappa shape index (κ2) is 5.73. The van der Waals surface area contributed by atoms with E-state index in [0.29, 0.717) is 19.5 Å². The van der Waals surface area contributed by atoms with Crippen LogP contribution in [0.15, 0.2) is 18.2 Å². The summed E-state index contributed by atoms with van der Waals surface area (Å²) in [6, 6.07) is 6.38. The predicted octanol–water partition coefficient (Wildman–Crippen LogP) is 3.07. The minimum Gasteiger partial charge on any atom is -0.448 e. The molecule has 0 radical (unpaired) electrons. The molecule has 0 unspecified atom stereocenters. The highest BCUT2D eigenvalue weighted by Gasteiger charge is 2.76. The van der Waals surface area contributed by atoms with Gasteiger partial charge in [0.05, 0.1) is 5.41 Å². The Labute approximate surface area is 161 Å². The lowest BCUT2D eigenvalue weighted by molar-refractivity contribution is -0.174. The molecule has 0 N–H and O–H groups in total. The second-order valence-corrected chi connectivity index (χ2v) is 9.17. The number of ether oxygens (including phenoxy) is 1. The van der Waals surface area contributed by atoms with E-state index in [1.54, 1.807) is 0 Å². The van der Waals surface area contributed by atoms with Gasteiger partial charge < -0.3 is 14.5 Å². The maximum atomic E-state index is 13.5. The van der Waals surface area contributed by atoms with Crippen LogP contribution < -0.4 is 4.90 Å². The molecule has 1 saturated carbocycles. The maximum absolute atomic E-state index is 13.5. The van der Waals surface area contributed by atoms with Crippen molar-refractivity contribution in [3.63, 3.8) is 0 Å². The lowest BCUT2D eigenvalue weighted by Crippen LogP contribution is -2.59. The summed E-state index contributed by atoms with van der Waals surface area (Å²) >= 11 is 0. The summed E-state index contributed by atoms with van der Waals surface area (Å²) in [4.78, 5) is 30.2. The van der Waals surface area contributed by atoms with Gasteiger partial charge >= 0.3 is 5.97 Å². The van der Waals surface area contributed by atoms with Gasteiger partial charge in [-0.05, 0) is 50.8 Å². The number of nitrogens with zero attached hydrogens (tertiary/aromatic N) is 2. The van der Waals surface area contributed by atoms with Crippen molar-refractivity contribution < 1.29 is 14.3 Å². The minimum atomic E-state index is -0.986. The first-order chi connectivity index (χ1) is 12.6. The van der Waals surface area contributed by atoms with Crippen LogP contribution in [0.2, 0.25) is 0 Å². The number of hydrogen-bond donors (Lipinski definition) is 0. The summed E-state index contributed by atoms with van der Waals surface area (Å²) in [6.07, 6.45) is 1.37. The van der Waals surface area contributed by atoms with Crippen LogP contribution in [0.3, 0.4) is 0 Å². The molecule has 146 valence electrons. The van der Waals surface area contributed by atoms with Gasteiger partial charge in [0, 0.05) is 37.3 Å². The Morgan fingerprint density at radius 2 is 1.70 bits per heavy atom. The molecule has 4 rings (SSSR count). The quantitative estimate of drug-likeness (QED) is 0.751. The molecule has 2 saturated heterocycles. The number of fused-ring (bicyclic) bond motifs is 2. The largest absolute Gasteiger partial charge is 0.448 e. The van der Waals surface area contributed by atoms with Crippen molar-refractivity contribution in [3.05, 3.63) is 29.3 Å². The standard InChI is InChI=1S/C22H30N2O3/c1-15-7-6-8-17(16(15)2)23-11-13-24(14-12-23)18(25)22-10-9-21(5,19(26)27-22)20(22,3)4/h6-8H,9-14H2,1-5H3/t21-,22-/m1/s1. The van der Waals surface area contributed by atoms with Gasteiger partial charge in [-0.2, -0.15) is 0 Å². The third-order valence-electron chi connectivity index (χ3n) is 7.91. The van der Waals surface area contributed by atoms with Crippen LogP contribution in [0.25, 0.3) is 0 Å². The fraction of sp³-hybridized carbons (Fsp3) is 0.636. The molecule has 1 aromatic rings. The molecule has 3 fully saturated rings. The molecule has 27 heavy (non-hydrogen) atoms. The van der Waals surface area contributed by atoms with Crippen LogP contribution in [0.1, 0.15) is 44.7 Å². The smallest absolute Gasteiger partial charge is 0.313 e. The number of aryl methyl sites for hydroxylation is 1. The molecule has 1 aromatic carbocycles. The summed E-state index contributed by atoms with van der Waals surface area (Å²) in [5, 5.41) is 0. The molecule has 5 nitrogen and oxygen atoms in total. The average molecular weight is 370 g/mol. The number of benzene rings is 1. The van der Waals surface area contributed by atoms with E-state index in [0.717, 1.165) is 19.5 Å². The topological polar surface area (TPSA) is 49.9 Å². The SMILES string of the molecule is Cc1cccc(N2CCN(C(=O)[C@@]34CC[C@](C)(C(=O)O3)C4(C)C)CC2)c1C. The van der Waals surface area contributed by atoms with Crippen molar-refractivity contribution in [1.29, 1.82) is 0 Å². The van der Waals surface area contributed by atoms with Crippen molar-refractivity contribution in [2.45, 2.75) is 53.1 Å². The third-order valence-corrected chi connectivity index (χ3v) is 7.91. The first kappa shape index (κ1) is 18.3. The molecular weight excluding hydrogens is 340 g/mol. The van der Waals surface area contributed by atoms with Crippen molar-refractivity contribution in [2.75, 3.05) is 31.1 Å². The lowest BCUT2D eigenvalue weighted by atomic mass is 9.66. The number of amides is 1. The highest BCUT2D eigenvalue weighted by molar-refractivity contribution is 5.96. The van der Waals surface area contributed by atoms with Crippen LogP contribution in [0.5, 0.6) is 0 Å². The van der Waals surface area contributed by atoms with Crippen LogP contribution in [-0.2, 0) is 14.3 Å². The Morgan fingerprint density at radius 3 is 2.26 bits per heavy atom. The van der Waals surface area contributed by atoms with E-state index < -0.39 is 16.4 Å². The molecule has 2 aliphatic heterocycles. The number of rotatable bonds is 2. The van der Waals surface area contributed by atoms with Crippen molar-refractivity contribution in [1.82, 2.24) is 4.90 Å². The van der Waals surface area contributed by atoms with Crippen LogP contribution >= 0.6 is 0 Å². The number of anilines is 1. The van der Waals surface area contributed by atoms with E-state index in [-0.39, 0.29) is 11.9 Å². The monoisotopic (exact) mass is 370 g/mol. The van der Waals surface area contributed by atoms with E-state index in [9.17, 15) is 9.59 Å². The predicted molar refractivity (Wildman–Crippen MR) is 105 cm³/mol. The van der Waals surface area contributed by atoms with Gasteiger partial charge in [0.15, 0.2) is 5.60 Å². The lowest BCUT2D eigenvalue weighted by Gasteiger charge is -2.43. The molecule has 2 heterocycles. The van der Waals surface area contributed by atoms with Crippen molar-refractivity contribution >= 4 is 17.6 Å². The van der Waals surface area contributed by atoms with E-state index in [1.807, 2.05) is 25.7 Å². The minimum absolute atomic E-state index is 0.00249. The van der Waals surface area contributed by atoms with Gasteiger partial charge in [-0.15, -0.1) is 0 Å². The number of piperazine rings is 1. The number of esters is 1. The number of hydrogen-bond acceptors (Lipinski definition) is 4. The molecular formula is C22H30N2O3. The van der Waals surface area contributed by atoms with Gasteiger partial charge in [-0.1, -0.05) is 26.0 Å². The first-order valence-corrected chi connectivity index (χ1v) is 9.98. The van der Waals surface area contributed by atoms with Gasteiger partial charge in [-0.25, -0.2) is 0 Å². The third kappa shape index (κ3) is 2.23. The second-order valence-electron chi connectivity index (χ2n) is 9.17. The number of carbonyl (C=O) groups excluding carboxylic acids is 2. The zero-order chi connectivity index (χ0) is 19.6. The highest BCUT2D eigenvalue weighted by atomic mass is 16.6. The summed E-state index contributed by atoms with van der Waals surface area (Å²) in [6.45, 7) is 13.2. The van der Waals surface area contributed by atoms with Gasteiger partial charge in [0.2, 0.25) is 0 Å². The Bertz CT molecular complexity index is 810. The Balaban J connectivity index is 1.52. The highest BCUT2D eigenvalue weighted by Crippen LogP contribution is 2.66. The molecule has 2 atom stereocenters. The van der Waals surface area contributed by atoms with Crippen LogP contribution in [-0.4, -0.2) is 48.6 Å². The van der Waals surface area contributed by atoms with E-state index in [2.05, 4.69) is 36.9 Å². The normalized spacial score (nSPS) is 32.0. The van der Waals surface area contributed by atoms with Crippen molar-refractivity contribution in [2.24, 2.45) is 10.8 Å². The average Bonchev–Trinajstić information content (AvgIpc) is 2.94. The van der Waals surface area contributed by atoms with Gasteiger partial charge in [0.25, 0.3) is 5.91 Å². The van der Waals surface area contributed by atoms with Gasteiger partial charge in [-0.3, -0.25) is 9.59 Å². The van der Waals surface area contributed by atoms with Crippen LogP contribution in [0.4, 0.5) is 5.69 Å². The first-order valence-electron chi connectivity index (χ1n) is 9.98. The molecule has 0 spiro atoms. The van der Waals surface area contributed by atoms with E-state index in [1.165, 1.54) is 16.8 Å². The Hall–Kier alpha value is -2.04. The molecule has 5 heteroatoms. The summed E-state index contributed by atoms with van der Waals surface area (Å²) in [5.74, 6) is -0.205. The maximum Gasteiger partial charge on any atom is 0.313 e. The fourth-order valence-electron chi connectivity index (χ4n) is 5.21. The van der Waals surface area contributed by atoms with Gasteiger partial charge in [0.1, 0.15) is 0 Å². The number of carbonyl (C=O) groups is 2. The summed E-state index contributed by atoms with van der Waals surface area (Å²) < 4.78 is 5.78. The van der Waals surface area contributed by atoms with Crippen LogP contribution in [0, 0.1) is 24.7 Å².